The zero-order valence-electron chi connectivity index (χ0n) is 19.8. The fourth-order valence-electron chi connectivity index (χ4n) is 3.78. The molecule has 1 aliphatic heterocycles. The molecule has 1 aliphatic rings. The highest BCUT2D eigenvalue weighted by molar-refractivity contribution is 7.99. The van der Waals surface area contributed by atoms with Crippen LogP contribution in [-0.2, 0) is 46.5 Å². The van der Waals surface area contributed by atoms with Crippen molar-refractivity contribution in [2.24, 2.45) is 0 Å². The van der Waals surface area contributed by atoms with E-state index in [0.717, 1.165) is 16.9 Å². The Morgan fingerprint density at radius 3 is 1.94 bits per heavy atom. The normalized spacial score (nSPS) is 24.4. The number of carbonyl (C=O) groups is 2. The molecule has 34 heavy (non-hydrogen) atoms. The molecule has 2 aromatic rings. The molecule has 1 fully saturated rings. The summed E-state index contributed by atoms with van der Waals surface area (Å²) in [7, 11) is 0. The van der Waals surface area contributed by atoms with Gasteiger partial charge in [-0.25, -0.2) is 0 Å². The van der Waals surface area contributed by atoms with Crippen molar-refractivity contribution in [1.29, 1.82) is 0 Å². The molecule has 5 atom stereocenters. The molecule has 0 spiro atoms. The average Bonchev–Trinajstić information content (AvgIpc) is 2.82. The summed E-state index contributed by atoms with van der Waals surface area (Å²) in [4.78, 5) is 24.0. The van der Waals surface area contributed by atoms with Crippen molar-refractivity contribution in [3.63, 3.8) is 0 Å². The van der Waals surface area contributed by atoms with Gasteiger partial charge in [-0.15, -0.1) is 11.8 Å². The number of rotatable bonds is 11. The fraction of sp³-hybridized carbons (Fsp3) is 0.462. The lowest BCUT2D eigenvalue weighted by atomic mass is 9.99. The molecular formula is C26H32O7S. The van der Waals surface area contributed by atoms with Gasteiger partial charge in [0.15, 0.2) is 12.2 Å². The third kappa shape index (κ3) is 7.84. The molecule has 7 nitrogen and oxygen atoms in total. The molecule has 0 N–H and O–H groups in total. The van der Waals surface area contributed by atoms with Crippen molar-refractivity contribution in [3.05, 3.63) is 71.8 Å². The van der Waals surface area contributed by atoms with Gasteiger partial charge in [0, 0.05) is 13.8 Å². The highest BCUT2D eigenvalue weighted by Gasteiger charge is 2.50. The van der Waals surface area contributed by atoms with E-state index >= 15 is 0 Å². The summed E-state index contributed by atoms with van der Waals surface area (Å²) in [5.41, 5.74) is 1.55. The van der Waals surface area contributed by atoms with E-state index in [1.54, 1.807) is 11.8 Å². The summed E-state index contributed by atoms with van der Waals surface area (Å²) < 4.78 is 29.8. The van der Waals surface area contributed by atoms with E-state index in [4.69, 9.17) is 23.7 Å². The Bertz CT molecular complexity index is 893. The van der Waals surface area contributed by atoms with Crippen LogP contribution in [0, 0.1) is 0 Å². The topological polar surface area (TPSA) is 80.3 Å². The zero-order valence-corrected chi connectivity index (χ0v) is 20.6. The number of hydrogen-bond acceptors (Lipinski definition) is 8. The second-order valence-corrected chi connectivity index (χ2v) is 9.28. The lowest BCUT2D eigenvalue weighted by Gasteiger charge is -2.44. The monoisotopic (exact) mass is 488 g/mol. The van der Waals surface area contributed by atoms with Crippen LogP contribution in [0.3, 0.4) is 0 Å². The van der Waals surface area contributed by atoms with Gasteiger partial charge in [-0.3, -0.25) is 9.59 Å². The molecule has 8 heteroatoms. The molecule has 0 aromatic heterocycles. The lowest BCUT2D eigenvalue weighted by molar-refractivity contribution is -0.242. The van der Waals surface area contributed by atoms with Crippen LogP contribution < -0.4 is 0 Å². The summed E-state index contributed by atoms with van der Waals surface area (Å²) in [5.74, 6) is -0.220. The fourth-order valence-corrected chi connectivity index (χ4v) is 4.75. The van der Waals surface area contributed by atoms with Crippen LogP contribution in [0.1, 0.15) is 31.9 Å². The van der Waals surface area contributed by atoms with Gasteiger partial charge in [-0.2, -0.15) is 0 Å². The van der Waals surface area contributed by atoms with Crippen LogP contribution in [0.4, 0.5) is 0 Å². The summed E-state index contributed by atoms with van der Waals surface area (Å²) in [6.45, 7) is 5.51. The smallest absolute Gasteiger partial charge is 0.303 e. The van der Waals surface area contributed by atoms with E-state index < -0.39 is 41.8 Å². The van der Waals surface area contributed by atoms with Gasteiger partial charge in [-0.1, -0.05) is 67.6 Å². The summed E-state index contributed by atoms with van der Waals surface area (Å²) in [6.07, 6.45) is -2.97. The molecule has 0 aliphatic carbocycles. The van der Waals surface area contributed by atoms with Gasteiger partial charge in [0.2, 0.25) is 0 Å². The largest absolute Gasteiger partial charge is 0.456 e. The summed E-state index contributed by atoms with van der Waals surface area (Å²) in [6, 6.07) is 19.5. The summed E-state index contributed by atoms with van der Waals surface area (Å²) in [5, 5.41) is 0. The first-order valence-electron chi connectivity index (χ1n) is 11.4. The molecule has 1 heterocycles. The van der Waals surface area contributed by atoms with E-state index in [9.17, 15) is 9.59 Å². The molecule has 3 rings (SSSR count). The third-order valence-electron chi connectivity index (χ3n) is 5.21. The Balaban J connectivity index is 1.80. The Morgan fingerprint density at radius 2 is 1.38 bits per heavy atom. The van der Waals surface area contributed by atoms with E-state index in [0.29, 0.717) is 13.2 Å². The number of esters is 2. The predicted octanol–water partition coefficient (Wildman–Crippen LogP) is 4.13. The number of benzene rings is 2. The van der Waals surface area contributed by atoms with Crippen molar-refractivity contribution >= 4 is 23.7 Å². The Morgan fingerprint density at radius 1 is 0.824 bits per heavy atom. The van der Waals surface area contributed by atoms with Gasteiger partial charge >= 0.3 is 11.9 Å². The molecule has 0 saturated carbocycles. The molecule has 184 valence electrons. The maximum atomic E-state index is 12.0. The average molecular weight is 489 g/mol. The van der Waals surface area contributed by atoms with E-state index in [1.165, 1.54) is 13.8 Å². The molecule has 0 radical (unpaired) electrons. The molecule has 0 unspecified atom stereocenters. The first-order valence-corrected chi connectivity index (χ1v) is 12.4. The second-order valence-electron chi connectivity index (χ2n) is 7.91. The van der Waals surface area contributed by atoms with Crippen molar-refractivity contribution in [2.75, 3.05) is 12.4 Å². The molecule has 1 saturated heterocycles. The van der Waals surface area contributed by atoms with Gasteiger partial charge in [0.25, 0.3) is 0 Å². The van der Waals surface area contributed by atoms with Crippen LogP contribution >= 0.6 is 11.8 Å². The van der Waals surface area contributed by atoms with E-state index in [2.05, 4.69) is 0 Å². The van der Waals surface area contributed by atoms with Crippen molar-refractivity contribution < 1.29 is 33.3 Å². The van der Waals surface area contributed by atoms with Crippen LogP contribution in [0.5, 0.6) is 0 Å². The molecule has 0 amide bonds. The Hall–Kier alpha value is -2.39. The second kappa shape index (κ2) is 13.5. The first-order chi connectivity index (χ1) is 16.5. The minimum Gasteiger partial charge on any atom is -0.456 e. The minimum absolute atomic E-state index is 0.163. The number of ether oxygens (including phenoxy) is 5. The maximum absolute atomic E-state index is 12.0. The van der Waals surface area contributed by atoms with Crippen molar-refractivity contribution in [2.45, 2.75) is 63.8 Å². The SMILES string of the molecule is CCS[C@@H]1O[C@H](COCc2ccccc2)[C@H](OC(C)=O)[C@H](OC(C)=O)[C@H]1OCc1ccccc1. The lowest BCUT2D eigenvalue weighted by Crippen LogP contribution is -2.61. The summed E-state index contributed by atoms with van der Waals surface area (Å²) >= 11 is 1.55. The zero-order chi connectivity index (χ0) is 24.3. The quantitative estimate of drug-likeness (QED) is 0.437. The first kappa shape index (κ1) is 26.2. The van der Waals surface area contributed by atoms with Gasteiger partial charge < -0.3 is 23.7 Å². The van der Waals surface area contributed by atoms with Crippen LogP contribution in [-0.4, -0.2) is 54.2 Å². The van der Waals surface area contributed by atoms with Gasteiger partial charge in [-0.05, 0) is 16.9 Å². The highest BCUT2D eigenvalue weighted by atomic mass is 32.2. The van der Waals surface area contributed by atoms with Crippen LogP contribution in [0.25, 0.3) is 0 Å². The van der Waals surface area contributed by atoms with E-state index in [1.807, 2.05) is 67.6 Å². The maximum Gasteiger partial charge on any atom is 0.303 e. The van der Waals surface area contributed by atoms with Crippen molar-refractivity contribution in [3.8, 4) is 0 Å². The molecular weight excluding hydrogens is 456 g/mol. The van der Waals surface area contributed by atoms with Crippen molar-refractivity contribution in [1.82, 2.24) is 0 Å². The van der Waals surface area contributed by atoms with Gasteiger partial charge in [0.05, 0.1) is 19.8 Å². The van der Waals surface area contributed by atoms with Crippen LogP contribution in [0.2, 0.25) is 0 Å². The number of thioether (sulfide) groups is 1. The third-order valence-corrected chi connectivity index (χ3v) is 6.25. The minimum atomic E-state index is -0.869. The number of carbonyl (C=O) groups excluding carboxylic acids is 2. The molecule has 2 aromatic carbocycles. The van der Waals surface area contributed by atoms with E-state index in [-0.39, 0.29) is 6.61 Å². The van der Waals surface area contributed by atoms with Gasteiger partial charge in [0.1, 0.15) is 17.6 Å². The predicted molar refractivity (Wildman–Crippen MR) is 129 cm³/mol. The highest BCUT2D eigenvalue weighted by Crippen LogP contribution is 2.34. The van der Waals surface area contributed by atoms with Crippen LogP contribution in [0.15, 0.2) is 60.7 Å². The number of hydrogen-bond donors (Lipinski definition) is 0. The standard InChI is InChI=1S/C26H32O7S/c1-4-34-26-25(30-16-21-13-9-6-10-14-21)24(32-19(3)28)23(31-18(2)27)22(33-26)17-29-15-20-11-7-5-8-12-20/h5-14,22-26H,4,15-17H2,1-3H3/t22-,23+,24+,25-,26+/m1/s1. The Labute approximate surface area is 205 Å². The Kier molecular flexibility index (Phi) is 10.4. The molecule has 0 bridgehead atoms.